The summed E-state index contributed by atoms with van der Waals surface area (Å²) in [6, 6.07) is 2.93. The van der Waals surface area contributed by atoms with Crippen LogP contribution in [-0.4, -0.2) is 127 Å². The summed E-state index contributed by atoms with van der Waals surface area (Å²) in [6.45, 7) is 48.2. The summed E-state index contributed by atoms with van der Waals surface area (Å²) >= 11 is 0. The second-order valence-corrected chi connectivity index (χ2v) is 38.5. The molecule has 2 bridgehead atoms. The van der Waals surface area contributed by atoms with E-state index in [9.17, 15) is 22.8 Å². The van der Waals surface area contributed by atoms with E-state index in [0.717, 1.165) is 55.6 Å². The molecule has 0 radical (unpaired) electrons. The minimum absolute atomic E-state index is 0.0189. The zero-order chi connectivity index (χ0) is 60.8. The first kappa shape index (κ1) is 69.2. The Balaban J connectivity index is 1.33. The number of hydrogen-bond acceptors (Lipinski definition) is 15. The summed E-state index contributed by atoms with van der Waals surface area (Å²) in [4.78, 5) is 38.7. The average Bonchev–Trinajstić information content (AvgIpc) is 3.66. The fourth-order valence-electron chi connectivity index (χ4n) is 12.4. The third-order valence-corrected chi connectivity index (χ3v) is 28.4. The van der Waals surface area contributed by atoms with E-state index < -0.39 is 85.7 Å². The lowest BCUT2D eigenvalue weighted by molar-refractivity contribution is -0.400. The van der Waals surface area contributed by atoms with Crippen molar-refractivity contribution in [1.29, 1.82) is 0 Å². The Kier molecular flexibility index (Phi) is 23.4. The highest BCUT2D eigenvalue weighted by Crippen LogP contribution is 2.58. The summed E-state index contributed by atoms with van der Waals surface area (Å²) in [5.74, 6) is -3.66. The van der Waals surface area contributed by atoms with Gasteiger partial charge in [-0.15, -0.1) is 0 Å². The highest BCUT2D eigenvalue weighted by molar-refractivity contribution is 7.86. The van der Waals surface area contributed by atoms with E-state index in [1.807, 2.05) is 6.92 Å². The first-order valence-corrected chi connectivity index (χ1v) is 37.7. The van der Waals surface area contributed by atoms with Crippen molar-refractivity contribution in [1.82, 2.24) is 5.32 Å². The number of ketones is 1. The quantitative estimate of drug-likeness (QED) is 0.0245. The van der Waals surface area contributed by atoms with Gasteiger partial charge < -0.3 is 47.3 Å². The second-order valence-electron chi connectivity index (χ2n) is 27.4. The third kappa shape index (κ3) is 18.0. The number of fused-ring (bicyclic) bond motifs is 2. The number of Topliss-reactive ketones (excluding diaryl/α,β-unsaturated/α-hetero) is 1. The average molecular weight is 1190 g/mol. The topological polar surface area (TPSA) is 190 Å². The zero-order valence-electron chi connectivity index (χ0n) is 52.8. The van der Waals surface area contributed by atoms with Gasteiger partial charge in [0.25, 0.3) is 10.1 Å². The number of nitrogens with one attached hydrogen (secondary N) is 1. The number of rotatable bonds is 29. The van der Waals surface area contributed by atoms with E-state index in [2.05, 4.69) is 107 Å². The fraction of sp³-hybridized carbons (Fsp3) is 0.823. The van der Waals surface area contributed by atoms with Gasteiger partial charge in [0.15, 0.2) is 39.8 Å². The van der Waals surface area contributed by atoms with Crippen molar-refractivity contribution in [3.05, 3.63) is 49.1 Å². The molecule has 5 aliphatic heterocycles. The normalized spacial score (nSPS) is 31.1. The minimum Gasteiger partial charge on any atom is -0.457 e. The maximum atomic E-state index is 13.5. The molecule has 81 heavy (non-hydrogen) atoms. The monoisotopic (exact) mass is 1190 g/mol. The molecular weight excluding hydrogens is 1090 g/mol. The molecule has 5 saturated heterocycles. The predicted octanol–water partition coefficient (Wildman–Crippen LogP) is 13.5. The van der Waals surface area contributed by atoms with Gasteiger partial charge in [-0.2, -0.15) is 8.42 Å². The molecule has 1 N–H and O–H groups in total. The molecule has 16 nitrogen and oxygen atoms in total. The number of hydrogen-bond donors (Lipinski definition) is 1. The standard InChI is InChI=1S/C62H107NO15SSi2/c1-21-35-69-56(66)63-41-46(9)43(6)37-44(7)50(64)29-25-27-42(5)36-48-30-32-59(17,78-81(22-2,23-3)24-4)62(71-48)34-33-60(77-62)31-26-28-49(70-60)40-61-39-45(8)53(76-80(19,20)58(14,15)16)54(73-61)52(72-61)38-51(75-79(18,67)68)47(10)55(65)74-57(11,12)13/h21,43,45-46,48-49,51-54H,1,5,7,10,22-41H2,2-4,6,8-9,11-20H3,(H,63,66)/t43-,45+,46-,48-,49+,51?,52-,53+,54-,59+,60+,61+,62+/m1/s1. The molecule has 0 aliphatic carbocycles. The lowest BCUT2D eigenvalue weighted by Gasteiger charge is -2.55. The highest BCUT2D eigenvalue weighted by Gasteiger charge is 2.66. The Labute approximate surface area is 490 Å². The first-order valence-electron chi connectivity index (χ1n) is 30.4. The van der Waals surface area contributed by atoms with Gasteiger partial charge in [0.05, 0.1) is 36.2 Å². The Hall–Kier alpha value is -2.57. The van der Waals surface area contributed by atoms with Crippen LogP contribution in [0.2, 0.25) is 36.3 Å². The molecule has 0 aromatic carbocycles. The number of allylic oxidation sites excluding steroid dienone is 1. The van der Waals surface area contributed by atoms with Gasteiger partial charge in [-0.05, 0) is 139 Å². The summed E-state index contributed by atoms with van der Waals surface area (Å²) in [7, 11) is -8.65. The summed E-state index contributed by atoms with van der Waals surface area (Å²) in [5, 5.41) is 2.67. The van der Waals surface area contributed by atoms with Crippen molar-refractivity contribution in [3.63, 3.8) is 0 Å². The number of ether oxygens (including phenoxy) is 7. The minimum atomic E-state index is -4.07. The van der Waals surface area contributed by atoms with Gasteiger partial charge in [0, 0.05) is 51.5 Å². The highest BCUT2D eigenvalue weighted by atomic mass is 32.2. The van der Waals surface area contributed by atoms with Gasteiger partial charge in [-0.25, -0.2) is 9.59 Å². The second kappa shape index (κ2) is 27.4. The van der Waals surface area contributed by atoms with Crippen LogP contribution in [0.3, 0.4) is 0 Å². The van der Waals surface area contributed by atoms with Crippen molar-refractivity contribution in [2.24, 2.45) is 17.8 Å². The molecule has 5 aliphatic rings. The van der Waals surface area contributed by atoms with Gasteiger partial charge in [0.2, 0.25) is 0 Å². The Morgan fingerprint density at radius 1 is 0.877 bits per heavy atom. The van der Waals surface area contributed by atoms with Gasteiger partial charge in [0.1, 0.15) is 30.0 Å². The van der Waals surface area contributed by atoms with E-state index in [-0.39, 0.29) is 65.5 Å². The molecule has 2 spiro atoms. The molecule has 5 heterocycles. The molecule has 0 aromatic rings. The van der Waals surface area contributed by atoms with Gasteiger partial charge >= 0.3 is 12.1 Å². The number of amides is 1. The van der Waals surface area contributed by atoms with E-state index in [1.54, 1.807) is 20.8 Å². The van der Waals surface area contributed by atoms with E-state index in [1.165, 1.54) is 6.08 Å². The number of carbonyl (C=O) groups excluding carboxylic acids is 3. The molecule has 13 atom stereocenters. The molecular formula is C62H107NO15SSi2. The Bertz CT molecular complexity index is 2340. The van der Waals surface area contributed by atoms with Crippen LogP contribution in [-0.2, 0) is 65.9 Å². The molecule has 0 saturated carbocycles. The maximum Gasteiger partial charge on any atom is 0.407 e. The van der Waals surface area contributed by atoms with Crippen LogP contribution in [0.15, 0.2) is 49.1 Å². The van der Waals surface area contributed by atoms with Crippen molar-refractivity contribution in [2.75, 3.05) is 19.4 Å². The van der Waals surface area contributed by atoms with Crippen molar-refractivity contribution in [3.8, 4) is 0 Å². The van der Waals surface area contributed by atoms with E-state index in [0.29, 0.717) is 76.3 Å². The van der Waals surface area contributed by atoms with Crippen LogP contribution in [0, 0.1) is 17.8 Å². The van der Waals surface area contributed by atoms with Crippen molar-refractivity contribution < 1.29 is 69.0 Å². The SMILES string of the molecule is C=CCOC(=O)NC[C@@H](C)[C@H](C)CC(=C)C(=O)CCCC(=C)C[C@H]1CC[C@](C)(O[Si](CC)(CC)CC)[C@@]2(CC[C@]3(CCC[C@@H](C[C@]45C[C@H](C)[C@H](O[Si](C)(C)C(C)(C)C)[C@H](O4)[C@@H](CC(OS(C)(=O)=O)C(=C)C(=O)OC(C)(C)C)O5)O3)O2)O1. The number of carbonyl (C=O) groups is 3. The summed E-state index contributed by atoms with van der Waals surface area (Å²) in [6.07, 6.45) is 7.10. The Morgan fingerprint density at radius 2 is 1.54 bits per heavy atom. The number of alkyl carbamates (subject to hydrolysis) is 1. The summed E-state index contributed by atoms with van der Waals surface area (Å²) in [5.41, 5.74) is -0.113. The van der Waals surface area contributed by atoms with Gasteiger partial charge in [-0.3, -0.25) is 8.98 Å². The molecule has 5 fully saturated rings. The Morgan fingerprint density at radius 3 is 2.15 bits per heavy atom. The smallest absolute Gasteiger partial charge is 0.407 e. The maximum absolute atomic E-state index is 13.5. The third-order valence-electron chi connectivity index (χ3n) is 18.6. The lowest BCUT2D eigenvalue weighted by Crippen LogP contribution is -2.65. The first-order chi connectivity index (χ1) is 37.4. The van der Waals surface area contributed by atoms with Crippen LogP contribution in [0.5, 0.6) is 0 Å². The van der Waals surface area contributed by atoms with Gasteiger partial charge in [-0.1, -0.05) is 100 Å². The predicted molar refractivity (Wildman–Crippen MR) is 322 cm³/mol. The molecule has 0 aromatic heterocycles. The van der Waals surface area contributed by atoms with Crippen LogP contribution in [0.25, 0.3) is 0 Å². The lowest BCUT2D eigenvalue weighted by atomic mass is 9.82. The van der Waals surface area contributed by atoms with Crippen LogP contribution in [0.4, 0.5) is 4.79 Å². The number of esters is 1. The summed E-state index contributed by atoms with van der Waals surface area (Å²) < 4.78 is 93.1. The molecule has 1 amide bonds. The van der Waals surface area contributed by atoms with Crippen molar-refractivity contribution >= 4 is 44.6 Å². The largest absolute Gasteiger partial charge is 0.457 e. The molecule has 5 rings (SSSR count). The molecule has 464 valence electrons. The van der Waals surface area contributed by atoms with Crippen LogP contribution >= 0.6 is 0 Å². The van der Waals surface area contributed by atoms with Crippen LogP contribution in [0.1, 0.15) is 186 Å². The zero-order valence-corrected chi connectivity index (χ0v) is 55.6. The van der Waals surface area contributed by atoms with Crippen molar-refractivity contribution in [2.45, 2.75) is 288 Å². The molecule has 19 heteroatoms. The fourth-order valence-corrected chi connectivity index (χ4v) is 17.6. The van der Waals surface area contributed by atoms with E-state index in [4.69, 9.17) is 46.2 Å². The molecule has 1 unspecified atom stereocenters. The van der Waals surface area contributed by atoms with Crippen LogP contribution < -0.4 is 5.32 Å². The van der Waals surface area contributed by atoms with E-state index >= 15 is 0 Å².